The molecule has 0 amide bonds. The molecule has 0 fully saturated rings. The Morgan fingerprint density at radius 3 is 2.80 bits per heavy atom. The lowest BCUT2D eigenvalue weighted by molar-refractivity contribution is 0.579. The predicted molar refractivity (Wildman–Crippen MR) is 83.2 cm³/mol. The summed E-state index contributed by atoms with van der Waals surface area (Å²) < 4.78 is 14.5. The van der Waals surface area contributed by atoms with Crippen LogP contribution in [0, 0.1) is 12.7 Å². The van der Waals surface area contributed by atoms with Gasteiger partial charge in [0.15, 0.2) is 0 Å². The van der Waals surface area contributed by atoms with Crippen molar-refractivity contribution in [2.24, 2.45) is 0 Å². The molecular formula is C16H18BrFN2. The smallest absolute Gasteiger partial charge is 0.141 e. The number of pyridine rings is 1. The molecule has 2 rings (SSSR count). The van der Waals surface area contributed by atoms with E-state index in [-0.39, 0.29) is 11.9 Å². The first-order valence-corrected chi connectivity index (χ1v) is 7.51. The van der Waals surface area contributed by atoms with Gasteiger partial charge < -0.3 is 5.32 Å². The summed E-state index contributed by atoms with van der Waals surface area (Å²) in [5.74, 6) is -0.311. The summed E-state index contributed by atoms with van der Waals surface area (Å²) in [4.78, 5) is 3.96. The molecule has 1 atom stereocenters. The monoisotopic (exact) mass is 336 g/mol. The van der Waals surface area contributed by atoms with Crippen LogP contribution in [0.25, 0.3) is 0 Å². The van der Waals surface area contributed by atoms with Gasteiger partial charge >= 0.3 is 0 Å². The first-order valence-electron chi connectivity index (χ1n) is 6.71. The van der Waals surface area contributed by atoms with Crippen LogP contribution in [0.2, 0.25) is 0 Å². The second-order valence-electron chi connectivity index (χ2n) is 4.85. The van der Waals surface area contributed by atoms with Gasteiger partial charge in [0.1, 0.15) is 5.82 Å². The van der Waals surface area contributed by atoms with Crippen LogP contribution >= 0.6 is 15.9 Å². The Morgan fingerprint density at radius 2 is 2.10 bits per heavy atom. The van der Waals surface area contributed by atoms with Crippen LogP contribution in [0.4, 0.5) is 4.39 Å². The summed E-state index contributed by atoms with van der Waals surface area (Å²) in [6.45, 7) is 5.03. The predicted octanol–water partition coefficient (Wildman–Crippen LogP) is 4.38. The minimum absolute atomic E-state index is 0.0626. The largest absolute Gasteiger partial charge is 0.306 e. The molecule has 106 valence electrons. The number of rotatable bonds is 5. The summed E-state index contributed by atoms with van der Waals surface area (Å²) in [6, 6.07) is 7.66. The topological polar surface area (TPSA) is 24.9 Å². The van der Waals surface area contributed by atoms with Gasteiger partial charge in [-0.1, -0.05) is 40.5 Å². The van der Waals surface area contributed by atoms with Crippen LogP contribution in [-0.2, 0) is 0 Å². The maximum absolute atomic E-state index is 13.4. The molecule has 0 saturated heterocycles. The number of aromatic nitrogens is 1. The molecule has 2 aromatic rings. The Morgan fingerprint density at radius 1 is 1.30 bits per heavy atom. The van der Waals surface area contributed by atoms with Crippen molar-refractivity contribution in [3.63, 3.8) is 0 Å². The van der Waals surface area contributed by atoms with Gasteiger partial charge in [-0.05, 0) is 43.1 Å². The third kappa shape index (κ3) is 3.64. The van der Waals surface area contributed by atoms with Gasteiger partial charge in [-0.25, -0.2) is 4.39 Å². The average Bonchev–Trinajstić information content (AvgIpc) is 2.43. The van der Waals surface area contributed by atoms with Crippen LogP contribution in [0.5, 0.6) is 0 Å². The number of halogens is 2. The van der Waals surface area contributed by atoms with Crippen molar-refractivity contribution in [1.29, 1.82) is 0 Å². The molecule has 0 bridgehead atoms. The Kier molecular flexibility index (Phi) is 5.26. The fraction of sp³-hybridized carbons (Fsp3) is 0.312. The molecule has 0 spiro atoms. The van der Waals surface area contributed by atoms with Crippen molar-refractivity contribution < 1.29 is 4.39 Å². The molecule has 0 saturated carbocycles. The lowest BCUT2D eigenvalue weighted by Gasteiger charge is -2.21. The van der Waals surface area contributed by atoms with E-state index in [4.69, 9.17) is 0 Å². The van der Waals surface area contributed by atoms with Gasteiger partial charge in [-0.2, -0.15) is 0 Å². The fourth-order valence-corrected chi connectivity index (χ4v) is 2.64. The Labute approximate surface area is 127 Å². The summed E-state index contributed by atoms with van der Waals surface area (Å²) in [5.41, 5.74) is 3.12. The molecule has 1 aromatic heterocycles. The van der Waals surface area contributed by atoms with E-state index in [1.165, 1.54) is 17.8 Å². The Balaban J connectivity index is 2.44. The average molecular weight is 337 g/mol. The number of benzene rings is 1. The molecule has 0 aliphatic carbocycles. The lowest BCUT2D eigenvalue weighted by Crippen LogP contribution is -2.24. The molecule has 1 heterocycles. The normalized spacial score (nSPS) is 12.4. The van der Waals surface area contributed by atoms with Crippen molar-refractivity contribution in [1.82, 2.24) is 10.3 Å². The second-order valence-corrected chi connectivity index (χ2v) is 5.70. The van der Waals surface area contributed by atoms with Crippen LogP contribution in [0.1, 0.15) is 36.1 Å². The molecule has 0 radical (unpaired) electrons. The third-order valence-electron chi connectivity index (χ3n) is 3.12. The highest BCUT2D eigenvalue weighted by Crippen LogP contribution is 2.29. The molecule has 1 N–H and O–H groups in total. The highest BCUT2D eigenvalue weighted by molar-refractivity contribution is 9.10. The highest BCUT2D eigenvalue weighted by atomic mass is 79.9. The zero-order chi connectivity index (χ0) is 14.5. The number of nitrogens with one attached hydrogen (secondary N) is 1. The van der Waals surface area contributed by atoms with Crippen LogP contribution in [0.15, 0.2) is 41.1 Å². The van der Waals surface area contributed by atoms with Gasteiger partial charge in [0.2, 0.25) is 0 Å². The summed E-state index contributed by atoms with van der Waals surface area (Å²) in [6.07, 6.45) is 3.96. The van der Waals surface area contributed by atoms with Crippen molar-refractivity contribution >= 4 is 15.9 Å². The van der Waals surface area contributed by atoms with Crippen LogP contribution < -0.4 is 5.32 Å². The van der Waals surface area contributed by atoms with Crippen molar-refractivity contribution in [2.75, 3.05) is 6.54 Å². The molecule has 1 unspecified atom stereocenters. The van der Waals surface area contributed by atoms with Gasteiger partial charge in [0.25, 0.3) is 0 Å². The minimum Gasteiger partial charge on any atom is -0.306 e. The van der Waals surface area contributed by atoms with E-state index in [1.807, 2.05) is 12.1 Å². The summed E-state index contributed by atoms with van der Waals surface area (Å²) in [5, 5.41) is 3.46. The minimum atomic E-state index is -0.311. The molecule has 4 heteroatoms. The lowest BCUT2D eigenvalue weighted by atomic mass is 9.98. The van der Waals surface area contributed by atoms with E-state index < -0.39 is 0 Å². The zero-order valence-electron chi connectivity index (χ0n) is 11.7. The van der Waals surface area contributed by atoms with E-state index in [0.29, 0.717) is 0 Å². The number of aryl methyl sites for hydroxylation is 1. The van der Waals surface area contributed by atoms with Crippen molar-refractivity contribution in [2.45, 2.75) is 26.3 Å². The van der Waals surface area contributed by atoms with Crippen molar-refractivity contribution in [3.8, 4) is 0 Å². The fourth-order valence-electron chi connectivity index (χ4n) is 2.17. The van der Waals surface area contributed by atoms with E-state index in [2.05, 4.69) is 46.1 Å². The zero-order valence-corrected chi connectivity index (χ0v) is 13.2. The number of hydrogen-bond donors (Lipinski definition) is 1. The van der Waals surface area contributed by atoms with E-state index >= 15 is 0 Å². The van der Waals surface area contributed by atoms with E-state index in [9.17, 15) is 4.39 Å². The number of hydrogen-bond acceptors (Lipinski definition) is 2. The maximum Gasteiger partial charge on any atom is 0.141 e. The van der Waals surface area contributed by atoms with E-state index in [0.717, 1.165) is 28.6 Å². The van der Waals surface area contributed by atoms with Gasteiger partial charge in [0.05, 0.1) is 12.2 Å². The van der Waals surface area contributed by atoms with Gasteiger partial charge in [0, 0.05) is 10.7 Å². The van der Waals surface area contributed by atoms with E-state index in [1.54, 1.807) is 6.20 Å². The van der Waals surface area contributed by atoms with Crippen LogP contribution in [-0.4, -0.2) is 11.5 Å². The highest BCUT2D eigenvalue weighted by Gasteiger charge is 2.17. The molecule has 0 aliphatic heterocycles. The summed E-state index contributed by atoms with van der Waals surface area (Å²) >= 11 is 3.58. The Hall–Kier alpha value is -1.26. The molecular weight excluding hydrogens is 319 g/mol. The SMILES string of the molecule is CCCNC(c1cncc(F)c1)c1cc(C)ccc1Br. The van der Waals surface area contributed by atoms with Crippen LogP contribution in [0.3, 0.4) is 0 Å². The maximum atomic E-state index is 13.4. The van der Waals surface area contributed by atoms with Crippen molar-refractivity contribution in [3.05, 3.63) is 63.6 Å². The first kappa shape index (κ1) is 15.1. The second kappa shape index (κ2) is 6.95. The standard InChI is InChI=1S/C16H18BrFN2/c1-3-6-20-16(12-8-13(18)10-19-9-12)14-7-11(2)4-5-15(14)17/h4-5,7-10,16,20H,3,6H2,1-2H3. The quantitative estimate of drug-likeness (QED) is 0.876. The number of nitrogens with zero attached hydrogens (tertiary/aromatic N) is 1. The van der Waals surface area contributed by atoms with Gasteiger partial charge in [-0.3, -0.25) is 4.98 Å². The van der Waals surface area contributed by atoms with Gasteiger partial charge in [-0.15, -0.1) is 0 Å². The molecule has 2 nitrogen and oxygen atoms in total. The molecule has 1 aromatic carbocycles. The third-order valence-corrected chi connectivity index (χ3v) is 3.84. The molecule has 0 aliphatic rings. The first-order chi connectivity index (χ1) is 9.61. The summed E-state index contributed by atoms with van der Waals surface area (Å²) in [7, 11) is 0. The Bertz CT molecular complexity index is 586. The molecule has 20 heavy (non-hydrogen) atoms.